The number of carbonyl (C=O) groups is 2. The maximum atomic E-state index is 12.0. The summed E-state index contributed by atoms with van der Waals surface area (Å²) in [6, 6.07) is 4.19. The van der Waals surface area contributed by atoms with Gasteiger partial charge in [0, 0.05) is 6.07 Å². The van der Waals surface area contributed by atoms with Gasteiger partial charge >= 0.3 is 0 Å². The number of hydrogen-bond acceptors (Lipinski definition) is 5. The molecule has 0 aliphatic carbocycles. The summed E-state index contributed by atoms with van der Waals surface area (Å²) in [5.41, 5.74) is 3.79. The highest BCUT2D eigenvalue weighted by Crippen LogP contribution is 2.33. The zero-order chi connectivity index (χ0) is 15.6. The zero-order valence-corrected chi connectivity index (χ0v) is 12.3. The third-order valence-corrected chi connectivity index (χ3v) is 3.95. The summed E-state index contributed by atoms with van der Waals surface area (Å²) in [6.07, 6.45) is 1.44. The van der Waals surface area contributed by atoms with Crippen molar-refractivity contribution in [1.82, 2.24) is 4.90 Å². The van der Waals surface area contributed by atoms with Crippen molar-refractivity contribution >= 4 is 46.3 Å². The van der Waals surface area contributed by atoms with Crippen LogP contribution in [0.25, 0.3) is 6.08 Å². The molecule has 0 spiro atoms. The first-order valence-electron chi connectivity index (χ1n) is 5.92. The number of halogens is 1. The van der Waals surface area contributed by atoms with Crippen LogP contribution >= 0.6 is 23.4 Å². The second kappa shape index (κ2) is 6.25. The van der Waals surface area contributed by atoms with Gasteiger partial charge in [0.2, 0.25) is 0 Å². The van der Waals surface area contributed by atoms with Crippen LogP contribution in [0.15, 0.2) is 23.1 Å². The minimum Gasteiger partial charge on any atom is -0.356 e. The Morgan fingerprint density at radius 3 is 2.76 bits per heavy atom. The van der Waals surface area contributed by atoms with E-state index in [1.54, 1.807) is 6.07 Å². The topological polar surface area (TPSA) is 108 Å². The van der Waals surface area contributed by atoms with Gasteiger partial charge in [-0.05, 0) is 29.5 Å². The molecule has 21 heavy (non-hydrogen) atoms. The number of nitrogens with zero attached hydrogens (tertiary/aromatic N) is 2. The smallest absolute Gasteiger partial charge is 0.293 e. The molecule has 1 aromatic rings. The van der Waals surface area contributed by atoms with E-state index >= 15 is 0 Å². The molecule has 0 saturated carbocycles. The summed E-state index contributed by atoms with van der Waals surface area (Å²) in [7, 11) is 0. The Kier molecular flexibility index (Phi) is 4.61. The number of nitro groups is 1. The molecule has 1 aromatic carbocycles. The Labute approximate surface area is 128 Å². The van der Waals surface area contributed by atoms with Gasteiger partial charge in [-0.15, -0.1) is 0 Å². The number of hydrogen-bond donors (Lipinski definition) is 1. The lowest BCUT2D eigenvalue weighted by Crippen LogP contribution is -2.55. The molecule has 0 radical (unpaired) electrons. The Morgan fingerprint density at radius 2 is 2.14 bits per heavy atom. The summed E-state index contributed by atoms with van der Waals surface area (Å²) in [6.45, 7) is 0.681. The summed E-state index contributed by atoms with van der Waals surface area (Å²) in [5, 5.41) is 10.5. The highest BCUT2D eigenvalue weighted by molar-refractivity contribution is 8.18. The lowest BCUT2D eigenvalue weighted by Gasteiger charge is -2.08. The molecule has 0 bridgehead atoms. The van der Waals surface area contributed by atoms with E-state index in [1.165, 1.54) is 18.2 Å². The highest BCUT2D eigenvalue weighted by Gasteiger charge is 2.34. The standard InChI is InChI=1S/C12H10ClN3O4S/c13-8-2-1-7(5-9(8)16(19)20)6-10-11(17)15(4-3-14)12(18)21-10/h1-2,5-6H,3-4,14H2/p+1/b10-6-. The van der Waals surface area contributed by atoms with Gasteiger partial charge in [-0.25, -0.2) is 0 Å². The molecule has 0 aromatic heterocycles. The Morgan fingerprint density at radius 1 is 1.43 bits per heavy atom. The number of rotatable bonds is 4. The van der Waals surface area contributed by atoms with Crippen molar-refractivity contribution in [1.29, 1.82) is 0 Å². The largest absolute Gasteiger partial charge is 0.356 e. The summed E-state index contributed by atoms with van der Waals surface area (Å²) < 4.78 is 0. The van der Waals surface area contributed by atoms with E-state index in [0.717, 1.165) is 16.7 Å². The number of imide groups is 1. The van der Waals surface area contributed by atoms with Crippen molar-refractivity contribution in [2.45, 2.75) is 0 Å². The molecule has 7 nitrogen and oxygen atoms in total. The average Bonchev–Trinajstić information content (AvgIpc) is 2.69. The Balaban J connectivity index is 2.33. The predicted molar refractivity (Wildman–Crippen MR) is 78.5 cm³/mol. The highest BCUT2D eigenvalue weighted by atomic mass is 35.5. The number of amides is 2. The number of nitro benzene ring substituents is 1. The monoisotopic (exact) mass is 328 g/mol. The van der Waals surface area contributed by atoms with Crippen LogP contribution in [0, 0.1) is 10.1 Å². The molecule has 1 aliphatic heterocycles. The lowest BCUT2D eigenvalue weighted by molar-refractivity contribution is -0.384. The van der Waals surface area contributed by atoms with E-state index in [0.29, 0.717) is 12.1 Å². The maximum Gasteiger partial charge on any atom is 0.293 e. The first-order valence-corrected chi connectivity index (χ1v) is 7.12. The van der Waals surface area contributed by atoms with Gasteiger partial charge in [0.15, 0.2) is 0 Å². The average molecular weight is 329 g/mol. The molecule has 2 rings (SSSR count). The van der Waals surface area contributed by atoms with Crippen LogP contribution < -0.4 is 5.73 Å². The van der Waals surface area contributed by atoms with Crippen LogP contribution in [0.5, 0.6) is 0 Å². The Bertz CT molecular complexity index is 662. The van der Waals surface area contributed by atoms with E-state index < -0.39 is 10.8 Å². The number of quaternary nitrogens is 1. The summed E-state index contributed by atoms with van der Waals surface area (Å²) in [5.74, 6) is -0.411. The number of benzene rings is 1. The fourth-order valence-corrected chi connectivity index (χ4v) is 2.81. The van der Waals surface area contributed by atoms with Gasteiger partial charge in [-0.2, -0.15) is 0 Å². The fraction of sp³-hybridized carbons (Fsp3) is 0.167. The van der Waals surface area contributed by atoms with Crippen LogP contribution in [0.2, 0.25) is 5.02 Å². The SMILES string of the molecule is [NH3+]CCN1C(=O)S/C(=C\c2ccc(Cl)c([N+](=O)[O-])c2)C1=O. The molecule has 3 N–H and O–H groups in total. The van der Waals surface area contributed by atoms with E-state index in [1.807, 2.05) is 0 Å². The Hall–Kier alpha value is -1.90. The van der Waals surface area contributed by atoms with Crippen LogP contribution in [-0.2, 0) is 4.79 Å². The molecule has 1 fully saturated rings. The molecular weight excluding hydrogens is 318 g/mol. The number of carbonyl (C=O) groups excluding carboxylic acids is 2. The van der Waals surface area contributed by atoms with E-state index in [-0.39, 0.29) is 27.4 Å². The van der Waals surface area contributed by atoms with Crippen LogP contribution in [0.3, 0.4) is 0 Å². The van der Waals surface area contributed by atoms with E-state index in [2.05, 4.69) is 5.73 Å². The minimum atomic E-state index is -0.603. The molecule has 110 valence electrons. The van der Waals surface area contributed by atoms with Crippen molar-refractivity contribution in [3.05, 3.63) is 43.8 Å². The third kappa shape index (κ3) is 3.23. The van der Waals surface area contributed by atoms with Gasteiger partial charge in [-0.3, -0.25) is 24.6 Å². The van der Waals surface area contributed by atoms with Crippen LogP contribution in [0.1, 0.15) is 5.56 Å². The van der Waals surface area contributed by atoms with Gasteiger partial charge in [0.25, 0.3) is 16.8 Å². The van der Waals surface area contributed by atoms with E-state index in [9.17, 15) is 19.7 Å². The van der Waals surface area contributed by atoms with Crippen molar-refractivity contribution in [3.8, 4) is 0 Å². The summed E-state index contributed by atoms with van der Waals surface area (Å²) in [4.78, 5) is 35.3. The first kappa shape index (κ1) is 15.5. The molecule has 0 atom stereocenters. The normalized spacial score (nSPS) is 16.9. The molecule has 0 unspecified atom stereocenters. The second-order valence-electron chi connectivity index (χ2n) is 4.15. The zero-order valence-electron chi connectivity index (χ0n) is 10.7. The summed E-state index contributed by atoms with van der Waals surface area (Å²) >= 11 is 6.52. The number of thioether (sulfide) groups is 1. The molecule has 1 heterocycles. The quantitative estimate of drug-likeness (QED) is 0.512. The predicted octanol–water partition coefficient (Wildman–Crippen LogP) is 1.53. The first-order chi connectivity index (χ1) is 9.93. The molecule has 9 heteroatoms. The van der Waals surface area contributed by atoms with Crippen LogP contribution in [-0.4, -0.2) is 34.1 Å². The van der Waals surface area contributed by atoms with Gasteiger partial charge in [-0.1, -0.05) is 17.7 Å². The van der Waals surface area contributed by atoms with Gasteiger partial charge < -0.3 is 5.73 Å². The van der Waals surface area contributed by atoms with Crippen molar-refractivity contribution in [3.63, 3.8) is 0 Å². The molecule has 1 saturated heterocycles. The minimum absolute atomic E-state index is 0.0160. The fourth-order valence-electron chi connectivity index (χ4n) is 1.76. The molecule has 1 aliphatic rings. The van der Waals surface area contributed by atoms with E-state index in [4.69, 9.17) is 11.6 Å². The van der Waals surface area contributed by atoms with Crippen molar-refractivity contribution in [2.75, 3.05) is 13.1 Å². The molecular formula is C12H11ClN3O4S+. The molecule has 2 amide bonds. The van der Waals surface area contributed by atoms with Gasteiger partial charge in [0.1, 0.15) is 5.02 Å². The maximum absolute atomic E-state index is 12.0. The van der Waals surface area contributed by atoms with Gasteiger partial charge in [0.05, 0.1) is 22.9 Å². The van der Waals surface area contributed by atoms with Crippen molar-refractivity contribution in [2.24, 2.45) is 0 Å². The van der Waals surface area contributed by atoms with Crippen molar-refractivity contribution < 1.29 is 20.2 Å². The van der Waals surface area contributed by atoms with Crippen LogP contribution in [0.4, 0.5) is 10.5 Å². The second-order valence-corrected chi connectivity index (χ2v) is 5.56. The third-order valence-electron chi connectivity index (χ3n) is 2.72. The lowest BCUT2D eigenvalue weighted by atomic mass is 10.2.